The summed E-state index contributed by atoms with van der Waals surface area (Å²) in [6.45, 7) is 0. The highest BCUT2D eigenvalue weighted by Gasteiger charge is 2.07. The molecule has 0 aliphatic carbocycles. The quantitative estimate of drug-likeness (QED) is 0.659. The van der Waals surface area contributed by atoms with Crippen LogP contribution >= 0.6 is 15.9 Å². The molecule has 0 aliphatic heterocycles. The lowest BCUT2D eigenvalue weighted by Crippen LogP contribution is -2.17. The molecule has 0 fully saturated rings. The number of hydrogen-bond donors (Lipinski definition) is 2. The smallest absolute Gasteiger partial charge is 0.271 e. The number of aromatic hydroxyl groups is 1. The molecule has 2 aromatic rings. The Bertz CT molecular complexity index is 686. The van der Waals surface area contributed by atoms with E-state index in [0.717, 1.165) is 0 Å². The van der Waals surface area contributed by atoms with E-state index in [4.69, 9.17) is 4.74 Å². The van der Waals surface area contributed by atoms with Crippen LogP contribution in [0.4, 0.5) is 0 Å². The third-order valence-electron chi connectivity index (χ3n) is 2.72. The highest BCUT2D eigenvalue weighted by Crippen LogP contribution is 2.25. The first kappa shape index (κ1) is 15.1. The maximum Gasteiger partial charge on any atom is 0.271 e. The summed E-state index contributed by atoms with van der Waals surface area (Å²) in [6, 6.07) is 11.7. The SMILES string of the molecule is COc1ccc(C(=O)NN=Cc2ccccc2O)cc1Br. The van der Waals surface area contributed by atoms with Gasteiger partial charge in [0.2, 0.25) is 0 Å². The van der Waals surface area contributed by atoms with E-state index in [0.29, 0.717) is 21.3 Å². The van der Waals surface area contributed by atoms with Gasteiger partial charge in [0.15, 0.2) is 0 Å². The van der Waals surface area contributed by atoms with Gasteiger partial charge >= 0.3 is 0 Å². The van der Waals surface area contributed by atoms with Gasteiger partial charge in [-0.3, -0.25) is 4.79 Å². The fourth-order valence-electron chi connectivity index (χ4n) is 1.63. The second-order valence-electron chi connectivity index (χ2n) is 4.11. The Kier molecular flexibility index (Phi) is 4.94. The molecular formula is C15H13BrN2O3. The van der Waals surface area contributed by atoms with Gasteiger partial charge in [0.05, 0.1) is 17.8 Å². The minimum absolute atomic E-state index is 0.0997. The number of ether oxygens (including phenoxy) is 1. The van der Waals surface area contributed by atoms with E-state index in [1.807, 2.05) is 0 Å². The summed E-state index contributed by atoms with van der Waals surface area (Å²) in [6.07, 6.45) is 1.38. The van der Waals surface area contributed by atoms with Crippen LogP contribution in [0.25, 0.3) is 0 Å². The van der Waals surface area contributed by atoms with E-state index in [1.54, 1.807) is 49.6 Å². The number of rotatable bonds is 4. The summed E-state index contributed by atoms with van der Waals surface area (Å²) >= 11 is 3.31. The standard InChI is InChI=1S/C15H13BrN2O3/c1-21-14-7-6-10(8-12(14)16)15(20)18-17-9-11-4-2-3-5-13(11)19/h2-9,19H,1H3,(H,18,20). The van der Waals surface area contributed by atoms with Crippen molar-refractivity contribution in [3.63, 3.8) is 0 Å². The molecule has 0 heterocycles. The number of para-hydroxylation sites is 1. The van der Waals surface area contributed by atoms with Crippen molar-refractivity contribution in [1.29, 1.82) is 0 Å². The Balaban J connectivity index is 2.05. The number of carbonyl (C=O) groups is 1. The van der Waals surface area contributed by atoms with Gasteiger partial charge in [-0.15, -0.1) is 0 Å². The van der Waals surface area contributed by atoms with Crippen molar-refractivity contribution >= 4 is 28.1 Å². The van der Waals surface area contributed by atoms with E-state index in [2.05, 4.69) is 26.5 Å². The first-order valence-electron chi connectivity index (χ1n) is 6.06. The highest BCUT2D eigenvalue weighted by molar-refractivity contribution is 9.10. The molecule has 2 aromatic carbocycles. The molecule has 5 nitrogen and oxygen atoms in total. The van der Waals surface area contributed by atoms with Crippen LogP contribution in [-0.4, -0.2) is 24.3 Å². The summed E-state index contributed by atoms with van der Waals surface area (Å²) in [7, 11) is 1.55. The van der Waals surface area contributed by atoms with Crippen LogP contribution in [0.15, 0.2) is 52.0 Å². The number of hydrazone groups is 1. The number of benzene rings is 2. The zero-order valence-electron chi connectivity index (χ0n) is 11.2. The lowest BCUT2D eigenvalue weighted by Gasteiger charge is -2.05. The Morgan fingerprint density at radius 2 is 2.10 bits per heavy atom. The topological polar surface area (TPSA) is 70.9 Å². The molecule has 21 heavy (non-hydrogen) atoms. The van der Waals surface area contributed by atoms with E-state index in [9.17, 15) is 9.90 Å². The first-order chi connectivity index (χ1) is 10.1. The largest absolute Gasteiger partial charge is 0.507 e. The summed E-state index contributed by atoms with van der Waals surface area (Å²) in [5.41, 5.74) is 3.36. The zero-order chi connectivity index (χ0) is 15.2. The van der Waals surface area contributed by atoms with Crippen LogP contribution < -0.4 is 10.2 Å². The number of amides is 1. The number of hydrogen-bond acceptors (Lipinski definition) is 4. The van der Waals surface area contributed by atoms with Crippen LogP contribution in [0.3, 0.4) is 0 Å². The molecule has 2 N–H and O–H groups in total. The van der Waals surface area contributed by atoms with Crippen LogP contribution in [0.1, 0.15) is 15.9 Å². The maximum absolute atomic E-state index is 11.9. The van der Waals surface area contributed by atoms with Gasteiger partial charge in [0, 0.05) is 11.1 Å². The molecule has 0 saturated carbocycles. The van der Waals surface area contributed by atoms with Crippen molar-refractivity contribution in [2.24, 2.45) is 5.10 Å². The lowest BCUT2D eigenvalue weighted by molar-refractivity contribution is 0.0955. The Labute approximate surface area is 130 Å². The van der Waals surface area contributed by atoms with Gasteiger partial charge in [-0.2, -0.15) is 5.10 Å². The molecule has 2 rings (SSSR count). The average Bonchev–Trinajstić information content (AvgIpc) is 2.49. The van der Waals surface area contributed by atoms with Gasteiger partial charge in [-0.25, -0.2) is 5.43 Å². The van der Waals surface area contributed by atoms with Crippen molar-refractivity contribution < 1.29 is 14.6 Å². The summed E-state index contributed by atoms with van der Waals surface area (Å²) in [5.74, 6) is 0.386. The Morgan fingerprint density at radius 3 is 2.76 bits per heavy atom. The second-order valence-corrected chi connectivity index (χ2v) is 4.96. The van der Waals surface area contributed by atoms with Crippen molar-refractivity contribution in [1.82, 2.24) is 5.43 Å². The van der Waals surface area contributed by atoms with Crippen LogP contribution in [0.2, 0.25) is 0 Å². The van der Waals surface area contributed by atoms with Crippen LogP contribution in [-0.2, 0) is 0 Å². The second kappa shape index (κ2) is 6.90. The summed E-state index contributed by atoms with van der Waals surface area (Å²) < 4.78 is 5.78. The van der Waals surface area contributed by atoms with Gasteiger partial charge < -0.3 is 9.84 Å². The van der Waals surface area contributed by atoms with Gasteiger partial charge in [-0.05, 0) is 46.3 Å². The van der Waals surface area contributed by atoms with Crippen molar-refractivity contribution in [3.05, 3.63) is 58.1 Å². The summed E-state index contributed by atoms with van der Waals surface area (Å²) in [4.78, 5) is 11.9. The molecule has 0 bridgehead atoms. The number of phenolic OH excluding ortho intramolecular Hbond substituents is 1. The van der Waals surface area contributed by atoms with Crippen LogP contribution in [0, 0.1) is 0 Å². The van der Waals surface area contributed by atoms with E-state index in [1.165, 1.54) is 6.21 Å². The zero-order valence-corrected chi connectivity index (χ0v) is 12.8. The number of methoxy groups -OCH3 is 1. The molecule has 0 aromatic heterocycles. The molecule has 0 radical (unpaired) electrons. The monoisotopic (exact) mass is 348 g/mol. The average molecular weight is 349 g/mol. The van der Waals surface area contributed by atoms with Crippen molar-refractivity contribution in [2.75, 3.05) is 7.11 Å². The number of halogens is 1. The predicted molar refractivity (Wildman–Crippen MR) is 83.9 cm³/mol. The molecule has 0 atom stereocenters. The molecule has 1 amide bonds. The van der Waals surface area contributed by atoms with Gasteiger partial charge in [0.1, 0.15) is 11.5 Å². The first-order valence-corrected chi connectivity index (χ1v) is 6.86. The number of phenols is 1. The fourth-order valence-corrected chi connectivity index (χ4v) is 2.17. The normalized spacial score (nSPS) is 10.6. The maximum atomic E-state index is 11.9. The molecule has 0 saturated heterocycles. The van der Waals surface area contributed by atoms with E-state index >= 15 is 0 Å². The van der Waals surface area contributed by atoms with Crippen LogP contribution in [0.5, 0.6) is 11.5 Å². The number of nitrogens with zero attached hydrogens (tertiary/aromatic N) is 1. The Morgan fingerprint density at radius 1 is 1.33 bits per heavy atom. The predicted octanol–water partition coefficient (Wildman–Crippen LogP) is 2.93. The molecule has 6 heteroatoms. The molecule has 108 valence electrons. The van der Waals surface area contributed by atoms with E-state index < -0.39 is 0 Å². The molecular weight excluding hydrogens is 336 g/mol. The van der Waals surface area contributed by atoms with Crippen molar-refractivity contribution in [2.45, 2.75) is 0 Å². The number of carbonyl (C=O) groups excluding carboxylic acids is 1. The third-order valence-corrected chi connectivity index (χ3v) is 3.34. The fraction of sp³-hybridized carbons (Fsp3) is 0.0667. The Hall–Kier alpha value is -2.34. The minimum Gasteiger partial charge on any atom is -0.507 e. The number of nitrogens with one attached hydrogen (secondary N) is 1. The minimum atomic E-state index is -0.356. The molecule has 0 aliphatic rings. The molecule has 0 spiro atoms. The third kappa shape index (κ3) is 3.82. The van der Waals surface area contributed by atoms with Gasteiger partial charge in [-0.1, -0.05) is 12.1 Å². The van der Waals surface area contributed by atoms with Gasteiger partial charge in [0.25, 0.3) is 5.91 Å². The summed E-state index contributed by atoms with van der Waals surface area (Å²) in [5, 5.41) is 13.4. The van der Waals surface area contributed by atoms with Crippen molar-refractivity contribution in [3.8, 4) is 11.5 Å². The highest BCUT2D eigenvalue weighted by atomic mass is 79.9. The lowest BCUT2D eigenvalue weighted by atomic mass is 10.2. The molecule has 0 unspecified atom stereocenters. The van der Waals surface area contributed by atoms with E-state index in [-0.39, 0.29) is 11.7 Å².